The lowest BCUT2D eigenvalue weighted by molar-refractivity contribution is 0.224. The third-order valence-electron chi connectivity index (χ3n) is 3.09. The summed E-state index contributed by atoms with van der Waals surface area (Å²) in [5.41, 5.74) is 2.72. The third kappa shape index (κ3) is 3.95. The monoisotopic (exact) mass is 220 g/mol. The quantitative estimate of drug-likeness (QED) is 0.792. The van der Waals surface area contributed by atoms with E-state index in [9.17, 15) is 0 Å². The molecule has 1 aromatic carbocycles. The maximum absolute atomic E-state index is 3.25. The minimum atomic E-state index is 0.617. The largest absolute Gasteiger partial charge is 0.318 e. The Morgan fingerprint density at radius 2 is 1.88 bits per heavy atom. The topological polar surface area (TPSA) is 15.3 Å². The van der Waals surface area contributed by atoms with Gasteiger partial charge in [-0.2, -0.15) is 0 Å². The van der Waals surface area contributed by atoms with Crippen LogP contribution >= 0.6 is 0 Å². The first-order chi connectivity index (χ1) is 7.67. The van der Waals surface area contributed by atoms with Gasteiger partial charge in [0.2, 0.25) is 0 Å². The van der Waals surface area contributed by atoms with Crippen molar-refractivity contribution in [2.45, 2.75) is 32.9 Å². The Hall–Kier alpha value is -0.860. The molecule has 0 fully saturated rings. The molecule has 1 aromatic rings. The second kappa shape index (κ2) is 6.66. The highest BCUT2D eigenvalue weighted by molar-refractivity contribution is 5.21. The fraction of sp³-hybridized carbons (Fsp3) is 0.571. The average molecular weight is 220 g/mol. The Morgan fingerprint density at radius 3 is 2.38 bits per heavy atom. The van der Waals surface area contributed by atoms with Crippen LogP contribution in [-0.2, 0) is 6.54 Å². The van der Waals surface area contributed by atoms with E-state index in [1.807, 2.05) is 7.05 Å². The summed E-state index contributed by atoms with van der Waals surface area (Å²) in [6.45, 7) is 6.45. The Bertz CT molecular complexity index is 292. The van der Waals surface area contributed by atoms with Crippen molar-refractivity contribution in [3.8, 4) is 0 Å². The van der Waals surface area contributed by atoms with E-state index in [1.165, 1.54) is 17.5 Å². The van der Waals surface area contributed by atoms with Crippen molar-refractivity contribution in [1.29, 1.82) is 0 Å². The molecule has 90 valence electrons. The summed E-state index contributed by atoms with van der Waals surface area (Å²) in [6.07, 6.45) is 1.18. The molecule has 0 aliphatic rings. The lowest BCUT2D eigenvalue weighted by Crippen LogP contribution is -2.38. The second-order valence-electron chi connectivity index (χ2n) is 4.52. The highest BCUT2D eigenvalue weighted by Gasteiger charge is 2.11. The molecule has 0 amide bonds. The smallest absolute Gasteiger partial charge is 0.0234 e. The molecule has 0 aliphatic carbocycles. The van der Waals surface area contributed by atoms with Gasteiger partial charge in [-0.25, -0.2) is 0 Å². The second-order valence-corrected chi connectivity index (χ2v) is 4.52. The Labute approximate surface area is 99.7 Å². The van der Waals surface area contributed by atoms with Gasteiger partial charge in [0.1, 0.15) is 0 Å². The molecule has 0 heterocycles. The highest BCUT2D eigenvalue weighted by atomic mass is 15.1. The van der Waals surface area contributed by atoms with E-state index >= 15 is 0 Å². The average Bonchev–Trinajstić information content (AvgIpc) is 2.29. The van der Waals surface area contributed by atoms with Crippen molar-refractivity contribution in [3.05, 3.63) is 35.4 Å². The van der Waals surface area contributed by atoms with Crippen molar-refractivity contribution < 1.29 is 0 Å². The van der Waals surface area contributed by atoms with E-state index in [0.717, 1.165) is 13.1 Å². The van der Waals surface area contributed by atoms with Crippen LogP contribution in [0.2, 0.25) is 0 Å². The fourth-order valence-electron chi connectivity index (χ4n) is 1.96. The Morgan fingerprint density at radius 1 is 1.25 bits per heavy atom. The summed E-state index contributed by atoms with van der Waals surface area (Å²) < 4.78 is 0. The van der Waals surface area contributed by atoms with Crippen LogP contribution < -0.4 is 5.32 Å². The summed E-state index contributed by atoms with van der Waals surface area (Å²) in [5, 5.41) is 3.25. The molecule has 16 heavy (non-hydrogen) atoms. The first-order valence-electron chi connectivity index (χ1n) is 6.07. The van der Waals surface area contributed by atoms with Crippen molar-refractivity contribution >= 4 is 0 Å². The van der Waals surface area contributed by atoms with Crippen LogP contribution in [0.3, 0.4) is 0 Å². The Kier molecular flexibility index (Phi) is 5.50. The van der Waals surface area contributed by atoms with Gasteiger partial charge in [0.05, 0.1) is 0 Å². The number of likely N-dealkylation sites (N-methyl/N-ethyl adjacent to an activating group) is 2. The van der Waals surface area contributed by atoms with E-state index in [0.29, 0.717) is 6.04 Å². The van der Waals surface area contributed by atoms with Gasteiger partial charge in [0.15, 0.2) is 0 Å². The standard InChI is InChI=1S/C14H24N2/c1-5-14(10-15-3)16(4)11-13-8-6-12(2)7-9-13/h6-9,14-15H,5,10-11H2,1-4H3. The minimum Gasteiger partial charge on any atom is -0.318 e. The third-order valence-corrected chi connectivity index (χ3v) is 3.09. The van der Waals surface area contributed by atoms with Crippen molar-refractivity contribution in [3.63, 3.8) is 0 Å². The van der Waals surface area contributed by atoms with Crippen LogP contribution in [0.15, 0.2) is 24.3 Å². The first kappa shape index (κ1) is 13.2. The SMILES string of the molecule is CCC(CNC)N(C)Cc1ccc(C)cc1. The summed E-state index contributed by atoms with van der Waals surface area (Å²) in [7, 11) is 4.22. The van der Waals surface area contributed by atoms with Crippen LogP contribution in [0.25, 0.3) is 0 Å². The van der Waals surface area contributed by atoms with Gasteiger partial charge in [0.25, 0.3) is 0 Å². The van der Waals surface area contributed by atoms with Crippen LogP contribution in [0.5, 0.6) is 0 Å². The van der Waals surface area contributed by atoms with E-state index in [2.05, 4.69) is 55.4 Å². The molecule has 0 saturated heterocycles. The number of rotatable bonds is 6. The maximum atomic E-state index is 3.25. The molecule has 2 nitrogen and oxygen atoms in total. The molecule has 1 unspecified atom stereocenters. The van der Waals surface area contributed by atoms with Crippen LogP contribution in [0.1, 0.15) is 24.5 Å². The van der Waals surface area contributed by atoms with Crippen LogP contribution in [-0.4, -0.2) is 31.6 Å². The van der Waals surface area contributed by atoms with Gasteiger partial charge >= 0.3 is 0 Å². The summed E-state index contributed by atoms with van der Waals surface area (Å²) >= 11 is 0. The van der Waals surface area contributed by atoms with E-state index in [1.54, 1.807) is 0 Å². The zero-order chi connectivity index (χ0) is 12.0. The molecular formula is C14H24N2. The fourth-order valence-corrected chi connectivity index (χ4v) is 1.96. The van der Waals surface area contributed by atoms with Crippen molar-refractivity contribution in [2.75, 3.05) is 20.6 Å². The van der Waals surface area contributed by atoms with Gasteiger partial charge in [-0.1, -0.05) is 36.8 Å². The molecule has 1 rings (SSSR count). The number of nitrogens with one attached hydrogen (secondary N) is 1. The number of benzene rings is 1. The molecule has 0 saturated carbocycles. The molecule has 1 N–H and O–H groups in total. The molecule has 2 heteroatoms. The number of hydrogen-bond acceptors (Lipinski definition) is 2. The van der Waals surface area contributed by atoms with Gasteiger partial charge in [-0.05, 0) is 33.0 Å². The molecule has 0 radical (unpaired) electrons. The zero-order valence-corrected chi connectivity index (χ0v) is 11.0. The minimum absolute atomic E-state index is 0.617. The maximum Gasteiger partial charge on any atom is 0.0234 e. The van der Waals surface area contributed by atoms with Gasteiger partial charge in [-0.3, -0.25) is 4.90 Å². The number of nitrogens with zero attached hydrogens (tertiary/aromatic N) is 1. The Balaban J connectivity index is 2.55. The van der Waals surface area contributed by atoms with E-state index < -0.39 is 0 Å². The molecule has 0 bridgehead atoms. The van der Waals surface area contributed by atoms with Crippen molar-refractivity contribution in [2.24, 2.45) is 0 Å². The summed E-state index contributed by atoms with van der Waals surface area (Å²) in [5.74, 6) is 0. The molecule has 0 aliphatic heterocycles. The summed E-state index contributed by atoms with van der Waals surface area (Å²) in [6, 6.07) is 9.42. The number of hydrogen-bond donors (Lipinski definition) is 1. The normalized spacial score (nSPS) is 13.1. The predicted octanol–water partition coefficient (Wildman–Crippen LogP) is 2.42. The molecular weight excluding hydrogens is 196 g/mol. The van der Waals surface area contributed by atoms with Crippen molar-refractivity contribution in [1.82, 2.24) is 10.2 Å². The molecule has 0 spiro atoms. The molecule has 1 atom stereocenters. The lowest BCUT2D eigenvalue weighted by atomic mass is 10.1. The van der Waals surface area contributed by atoms with E-state index in [4.69, 9.17) is 0 Å². The molecule has 0 aromatic heterocycles. The number of aryl methyl sites for hydroxylation is 1. The summed E-state index contributed by atoms with van der Waals surface area (Å²) in [4.78, 5) is 2.42. The lowest BCUT2D eigenvalue weighted by Gasteiger charge is -2.27. The van der Waals surface area contributed by atoms with Gasteiger partial charge in [0, 0.05) is 19.1 Å². The van der Waals surface area contributed by atoms with E-state index in [-0.39, 0.29) is 0 Å². The first-order valence-corrected chi connectivity index (χ1v) is 6.07. The van der Waals surface area contributed by atoms with Crippen LogP contribution in [0, 0.1) is 6.92 Å². The van der Waals surface area contributed by atoms with Gasteiger partial charge in [-0.15, -0.1) is 0 Å². The highest BCUT2D eigenvalue weighted by Crippen LogP contribution is 2.09. The predicted molar refractivity (Wildman–Crippen MR) is 70.7 cm³/mol. The zero-order valence-electron chi connectivity index (χ0n) is 11.0. The van der Waals surface area contributed by atoms with Gasteiger partial charge < -0.3 is 5.32 Å². The van der Waals surface area contributed by atoms with Crippen LogP contribution in [0.4, 0.5) is 0 Å².